The van der Waals surface area contributed by atoms with Crippen LogP contribution in [-0.2, 0) is 5.54 Å². The van der Waals surface area contributed by atoms with Gasteiger partial charge in [-0.1, -0.05) is 30.3 Å². The molecule has 0 aliphatic carbocycles. The summed E-state index contributed by atoms with van der Waals surface area (Å²) in [6.07, 6.45) is 0.789. The lowest BCUT2D eigenvalue weighted by atomic mass is 9.88. The summed E-state index contributed by atoms with van der Waals surface area (Å²) in [6.45, 7) is 5.34. The Morgan fingerprint density at radius 1 is 1.16 bits per heavy atom. The van der Waals surface area contributed by atoms with Gasteiger partial charge in [-0.15, -0.1) is 0 Å². The fourth-order valence-electron chi connectivity index (χ4n) is 2.51. The number of nitrogens with two attached hydrogens (primary N) is 1. The molecule has 1 heterocycles. The van der Waals surface area contributed by atoms with Crippen LogP contribution >= 0.6 is 0 Å². The molecule has 1 aliphatic rings. The smallest absolute Gasteiger partial charge is 0.0656 e. The molecular formula is C15H25N3O. The zero-order valence-corrected chi connectivity index (χ0v) is 11.8. The number of rotatable bonds is 5. The lowest BCUT2D eigenvalue weighted by Crippen LogP contribution is -2.48. The molecule has 0 aromatic heterocycles. The second-order valence-corrected chi connectivity index (χ2v) is 5.58. The van der Waals surface area contributed by atoms with E-state index in [0.29, 0.717) is 0 Å². The van der Waals surface area contributed by atoms with Gasteiger partial charge in [0.05, 0.1) is 12.1 Å². The minimum atomic E-state index is -0.620. The van der Waals surface area contributed by atoms with Crippen LogP contribution in [0.15, 0.2) is 30.3 Å². The van der Waals surface area contributed by atoms with E-state index in [-0.39, 0.29) is 6.61 Å². The largest absolute Gasteiger partial charge is 0.394 e. The van der Waals surface area contributed by atoms with Crippen LogP contribution in [-0.4, -0.2) is 61.3 Å². The molecule has 0 spiro atoms. The molecule has 4 heteroatoms. The van der Waals surface area contributed by atoms with Gasteiger partial charge in [-0.3, -0.25) is 0 Å². The highest BCUT2D eigenvalue weighted by Crippen LogP contribution is 2.22. The summed E-state index contributed by atoms with van der Waals surface area (Å²) in [5, 5.41) is 9.66. The highest BCUT2D eigenvalue weighted by atomic mass is 16.3. The molecular weight excluding hydrogens is 238 g/mol. The number of hydrogen-bond acceptors (Lipinski definition) is 4. The van der Waals surface area contributed by atoms with E-state index >= 15 is 0 Å². The highest BCUT2D eigenvalue weighted by molar-refractivity contribution is 5.24. The van der Waals surface area contributed by atoms with Gasteiger partial charge in [-0.25, -0.2) is 0 Å². The van der Waals surface area contributed by atoms with E-state index in [1.54, 1.807) is 0 Å². The van der Waals surface area contributed by atoms with Crippen LogP contribution in [0.2, 0.25) is 0 Å². The predicted molar refractivity (Wildman–Crippen MR) is 77.9 cm³/mol. The summed E-state index contributed by atoms with van der Waals surface area (Å²) in [7, 11) is 2.16. The molecule has 0 radical (unpaired) electrons. The molecule has 4 nitrogen and oxygen atoms in total. The van der Waals surface area contributed by atoms with Crippen molar-refractivity contribution < 1.29 is 5.11 Å². The van der Waals surface area contributed by atoms with Crippen molar-refractivity contribution in [3.05, 3.63) is 35.9 Å². The Hall–Kier alpha value is -0.940. The van der Waals surface area contributed by atoms with Gasteiger partial charge < -0.3 is 20.6 Å². The molecule has 0 amide bonds. The number of piperazine rings is 1. The first kappa shape index (κ1) is 14.5. The lowest BCUT2D eigenvalue weighted by Gasteiger charge is -2.35. The van der Waals surface area contributed by atoms with Crippen molar-refractivity contribution in [2.24, 2.45) is 5.73 Å². The van der Waals surface area contributed by atoms with Gasteiger partial charge in [0.2, 0.25) is 0 Å². The zero-order valence-electron chi connectivity index (χ0n) is 11.8. The lowest BCUT2D eigenvalue weighted by molar-refractivity contribution is 0.125. The number of benzene rings is 1. The molecule has 19 heavy (non-hydrogen) atoms. The maximum atomic E-state index is 9.66. The summed E-state index contributed by atoms with van der Waals surface area (Å²) in [5.41, 5.74) is 6.78. The van der Waals surface area contributed by atoms with Crippen molar-refractivity contribution in [3.63, 3.8) is 0 Å². The van der Waals surface area contributed by atoms with Crippen molar-refractivity contribution in [1.29, 1.82) is 0 Å². The van der Waals surface area contributed by atoms with Gasteiger partial charge >= 0.3 is 0 Å². The second-order valence-electron chi connectivity index (χ2n) is 5.58. The van der Waals surface area contributed by atoms with Crippen LogP contribution in [0.4, 0.5) is 0 Å². The third-order valence-electron chi connectivity index (χ3n) is 4.10. The SMILES string of the molecule is CN1CCN(CCC(N)(CO)c2ccccc2)CC1. The number of hydrogen-bond donors (Lipinski definition) is 2. The predicted octanol–water partition coefficient (Wildman–Crippen LogP) is 0.470. The van der Waals surface area contributed by atoms with E-state index in [4.69, 9.17) is 5.73 Å². The van der Waals surface area contributed by atoms with E-state index in [1.165, 1.54) is 0 Å². The number of nitrogens with zero attached hydrogens (tertiary/aromatic N) is 2. The molecule has 1 aromatic carbocycles. The third kappa shape index (κ3) is 3.76. The van der Waals surface area contributed by atoms with Crippen molar-refractivity contribution >= 4 is 0 Å². The Bertz CT molecular complexity index is 376. The quantitative estimate of drug-likeness (QED) is 0.811. The van der Waals surface area contributed by atoms with Gasteiger partial charge in [0.25, 0.3) is 0 Å². The van der Waals surface area contributed by atoms with Crippen LogP contribution in [0.1, 0.15) is 12.0 Å². The maximum absolute atomic E-state index is 9.66. The standard InChI is InChI=1S/C15H25N3O/c1-17-9-11-18(12-10-17)8-7-15(16,13-19)14-5-3-2-4-6-14/h2-6,19H,7-13,16H2,1H3. The number of likely N-dealkylation sites (N-methyl/N-ethyl adjacent to an activating group) is 1. The average molecular weight is 263 g/mol. The second kappa shape index (κ2) is 6.48. The minimum Gasteiger partial charge on any atom is -0.394 e. The van der Waals surface area contributed by atoms with Gasteiger partial charge in [0, 0.05) is 32.7 Å². The summed E-state index contributed by atoms with van der Waals surface area (Å²) in [6, 6.07) is 9.92. The van der Waals surface area contributed by atoms with Gasteiger partial charge in [0.15, 0.2) is 0 Å². The normalized spacial score (nSPS) is 21.2. The summed E-state index contributed by atoms with van der Waals surface area (Å²) in [4.78, 5) is 4.77. The summed E-state index contributed by atoms with van der Waals surface area (Å²) in [5.74, 6) is 0. The maximum Gasteiger partial charge on any atom is 0.0656 e. The van der Waals surface area contributed by atoms with E-state index in [0.717, 1.165) is 44.7 Å². The Morgan fingerprint density at radius 3 is 2.37 bits per heavy atom. The molecule has 0 bridgehead atoms. The molecule has 0 saturated carbocycles. The number of aliphatic hydroxyl groups excluding tert-OH is 1. The van der Waals surface area contributed by atoms with Crippen LogP contribution in [0.5, 0.6) is 0 Å². The molecule has 1 aliphatic heterocycles. The van der Waals surface area contributed by atoms with Gasteiger partial charge in [-0.05, 0) is 19.0 Å². The van der Waals surface area contributed by atoms with Crippen LogP contribution in [0.3, 0.4) is 0 Å². The molecule has 1 unspecified atom stereocenters. The van der Waals surface area contributed by atoms with Crippen LogP contribution in [0.25, 0.3) is 0 Å². The van der Waals surface area contributed by atoms with Crippen molar-refractivity contribution in [2.45, 2.75) is 12.0 Å². The molecule has 2 rings (SSSR count). The molecule has 1 atom stereocenters. The highest BCUT2D eigenvalue weighted by Gasteiger charge is 2.27. The van der Waals surface area contributed by atoms with Crippen LogP contribution < -0.4 is 5.73 Å². The first-order valence-corrected chi connectivity index (χ1v) is 7.00. The molecule has 1 saturated heterocycles. The van der Waals surface area contributed by atoms with Crippen molar-refractivity contribution in [1.82, 2.24) is 9.80 Å². The molecule has 106 valence electrons. The van der Waals surface area contributed by atoms with E-state index in [1.807, 2.05) is 30.3 Å². The van der Waals surface area contributed by atoms with E-state index in [2.05, 4.69) is 16.8 Å². The minimum absolute atomic E-state index is 0.00917. The zero-order chi connectivity index (χ0) is 13.7. The van der Waals surface area contributed by atoms with E-state index < -0.39 is 5.54 Å². The number of aliphatic hydroxyl groups is 1. The summed E-state index contributed by atoms with van der Waals surface area (Å²) >= 11 is 0. The third-order valence-corrected chi connectivity index (χ3v) is 4.10. The Labute approximate surface area is 115 Å². The first-order valence-electron chi connectivity index (χ1n) is 7.00. The molecule has 1 aromatic rings. The fourth-order valence-corrected chi connectivity index (χ4v) is 2.51. The topological polar surface area (TPSA) is 52.7 Å². The van der Waals surface area contributed by atoms with Gasteiger partial charge in [0.1, 0.15) is 0 Å². The average Bonchev–Trinajstić information content (AvgIpc) is 2.47. The van der Waals surface area contributed by atoms with Crippen LogP contribution in [0, 0.1) is 0 Å². The van der Waals surface area contributed by atoms with E-state index in [9.17, 15) is 5.11 Å². The summed E-state index contributed by atoms with van der Waals surface area (Å²) < 4.78 is 0. The first-order chi connectivity index (χ1) is 9.14. The van der Waals surface area contributed by atoms with Crippen molar-refractivity contribution in [2.75, 3.05) is 46.4 Å². The van der Waals surface area contributed by atoms with Gasteiger partial charge in [-0.2, -0.15) is 0 Å². The molecule has 1 fully saturated rings. The van der Waals surface area contributed by atoms with Crippen molar-refractivity contribution in [3.8, 4) is 0 Å². The Kier molecular flexibility index (Phi) is 4.93. The monoisotopic (exact) mass is 263 g/mol. The fraction of sp³-hybridized carbons (Fsp3) is 0.600. The molecule has 3 N–H and O–H groups in total. The Balaban J connectivity index is 1.92. The Morgan fingerprint density at radius 2 is 1.79 bits per heavy atom.